The van der Waals surface area contributed by atoms with Gasteiger partial charge in [-0.05, 0) is 31.9 Å². The van der Waals surface area contributed by atoms with E-state index in [1.54, 1.807) is 18.3 Å². The second kappa shape index (κ2) is 6.02. The van der Waals surface area contributed by atoms with Crippen molar-refractivity contribution in [1.82, 2.24) is 4.98 Å². The van der Waals surface area contributed by atoms with Crippen LogP contribution in [-0.2, 0) is 4.79 Å². The number of hydrogen-bond acceptors (Lipinski definition) is 4. The molecule has 0 unspecified atom stereocenters. The summed E-state index contributed by atoms with van der Waals surface area (Å²) in [5.41, 5.74) is 6.04. The Kier molecular flexibility index (Phi) is 4.37. The van der Waals surface area contributed by atoms with E-state index in [4.69, 9.17) is 10.5 Å². The molecule has 1 saturated carbocycles. The molecule has 2 rings (SSSR count). The van der Waals surface area contributed by atoms with Crippen molar-refractivity contribution < 1.29 is 9.53 Å². The molecule has 1 aliphatic carbocycles. The minimum atomic E-state index is -0.752. The Balaban J connectivity index is 2.10. The lowest BCUT2D eigenvalue weighted by atomic mass is 9.82. The summed E-state index contributed by atoms with van der Waals surface area (Å²) in [6.45, 7) is 2.39. The van der Waals surface area contributed by atoms with Crippen molar-refractivity contribution in [1.29, 1.82) is 0 Å². The molecule has 1 heterocycles. The Bertz CT molecular complexity index is 442. The van der Waals surface area contributed by atoms with Crippen molar-refractivity contribution in [2.24, 2.45) is 5.73 Å². The van der Waals surface area contributed by atoms with Gasteiger partial charge in [0.2, 0.25) is 11.8 Å². The number of anilines is 1. The maximum Gasteiger partial charge on any atom is 0.244 e. The van der Waals surface area contributed by atoms with E-state index in [1.807, 2.05) is 6.92 Å². The van der Waals surface area contributed by atoms with E-state index in [1.165, 1.54) is 0 Å². The summed E-state index contributed by atoms with van der Waals surface area (Å²) in [7, 11) is 0. The number of carbonyl (C=O) groups excluding carboxylic acids is 1. The van der Waals surface area contributed by atoms with Crippen LogP contribution in [0.5, 0.6) is 5.88 Å². The zero-order chi connectivity index (χ0) is 13.7. The summed E-state index contributed by atoms with van der Waals surface area (Å²) >= 11 is 0. The van der Waals surface area contributed by atoms with Crippen molar-refractivity contribution in [2.45, 2.75) is 44.6 Å². The Hall–Kier alpha value is -1.62. The third-order valence-corrected chi connectivity index (χ3v) is 3.50. The number of rotatable bonds is 4. The summed E-state index contributed by atoms with van der Waals surface area (Å²) in [6.07, 6.45) is 6.29. The standard InChI is InChI=1S/C14H21N3O2/c1-2-19-12-11(7-6-10-16-12)17-13(18)14(15)8-4-3-5-9-14/h6-7,10H,2-5,8-9,15H2,1H3,(H,17,18). The van der Waals surface area contributed by atoms with E-state index in [9.17, 15) is 4.79 Å². The molecule has 3 N–H and O–H groups in total. The predicted octanol–water partition coefficient (Wildman–Crippen LogP) is 2.08. The fourth-order valence-corrected chi connectivity index (χ4v) is 2.39. The summed E-state index contributed by atoms with van der Waals surface area (Å²) in [5.74, 6) is 0.305. The van der Waals surface area contributed by atoms with Crippen LogP contribution in [0.2, 0.25) is 0 Å². The number of nitrogens with two attached hydrogens (primary N) is 1. The maximum atomic E-state index is 12.3. The summed E-state index contributed by atoms with van der Waals surface area (Å²) in [4.78, 5) is 16.4. The van der Waals surface area contributed by atoms with Gasteiger partial charge in [-0.25, -0.2) is 4.98 Å². The third kappa shape index (κ3) is 3.23. The lowest BCUT2D eigenvalue weighted by Gasteiger charge is -2.31. The van der Waals surface area contributed by atoms with Gasteiger partial charge < -0.3 is 15.8 Å². The molecule has 1 aliphatic rings. The Labute approximate surface area is 113 Å². The average molecular weight is 263 g/mol. The summed E-state index contributed by atoms with van der Waals surface area (Å²) in [6, 6.07) is 3.55. The van der Waals surface area contributed by atoms with Gasteiger partial charge in [-0.2, -0.15) is 0 Å². The normalized spacial score (nSPS) is 17.8. The zero-order valence-corrected chi connectivity index (χ0v) is 11.3. The molecule has 5 nitrogen and oxygen atoms in total. The van der Waals surface area contributed by atoms with E-state index < -0.39 is 5.54 Å². The molecular weight excluding hydrogens is 242 g/mol. The van der Waals surface area contributed by atoms with Crippen LogP contribution < -0.4 is 15.8 Å². The third-order valence-electron chi connectivity index (χ3n) is 3.50. The van der Waals surface area contributed by atoms with Crippen LogP contribution in [0.1, 0.15) is 39.0 Å². The van der Waals surface area contributed by atoms with Crippen molar-refractivity contribution in [3.8, 4) is 5.88 Å². The van der Waals surface area contributed by atoms with Crippen LogP contribution in [-0.4, -0.2) is 23.0 Å². The molecule has 1 fully saturated rings. The topological polar surface area (TPSA) is 77.2 Å². The lowest BCUT2D eigenvalue weighted by Crippen LogP contribution is -2.52. The second-order valence-electron chi connectivity index (χ2n) is 4.96. The molecular formula is C14H21N3O2. The SMILES string of the molecule is CCOc1ncccc1NC(=O)C1(N)CCCCC1. The van der Waals surface area contributed by atoms with Crippen molar-refractivity contribution in [3.63, 3.8) is 0 Å². The zero-order valence-electron chi connectivity index (χ0n) is 11.3. The Morgan fingerprint density at radius 1 is 1.47 bits per heavy atom. The highest BCUT2D eigenvalue weighted by Crippen LogP contribution is 2.28. The minimum absolute atomic E-state index is 0.138. The van der Waals surface area contributed by atoms with Gasteiger partial charge in [0, 0.05) is 6.20 Å². The number of carbonyl (C=O) groups is 1. The average Bonchev–Trinajstić information content (AvgIpc) is 2.42. The van der Waals surface area contributed by atoms with E-state index in [-0.39, 0.29) is 5.91 Å². The molecule has 0 saturated heterocycles. The van der Waals surface area contributed by atoms with Crippen LogP contribution in [0.4, 0.5) is 5.69 Å². The van der Waals surface area contributed by atoms with E-state index >= 15 is 0 Å². The van der Waals surface area contributed by atoms with Gasteiger partial charge in [0.05, 0.1) is 12.1 Å². The number of pyridine rings is 1. The van der Waals surface area contributed by atoms with Crippen LogP contribution >= 0.6 is 0 Å². The number of aromatic nitrogens is 1. The van der Waals surface area contributed by atoms with E-state index in [2.05, 4.69) is 10.3 Å². The monoisotopic (exact) mass is 263 g/mol. The fourth-order valence-electron chi connectivity index (χ4n) is 2.39. The smallest absolute Gasteiger partial charge is 0.244 e. The number of ether oxygens (including phenoxy) is 1. The lowest BCUT2D eigenvalue weighted by molar-refractivity contribution is -0.122. The second-order valence-corrected chi connectivity index (χ2v) is 4.96. The quantitative estimate of drug-likeness (QED) is 0.872. The maximum absolute atomic E-state index is 12.3. The molecule has 1 aromatic rings. The van der Waals surface area contributed by atoms with Gasteiger partial charge in [-0.1, -0.05) is 19.3 Å². The van der Waals surface area contributed by atoms with Gasteiger partial charge in [-0.15, -0.1) is 0 Å². The van der Waals surface area contributed by atoms with Crippen LogP contribution in [0.25, 0.3) is 0 Å². The molecule has 0 aromatic carbocycles. The molecule has 1 aromatic heterocycles. The number of amides is 1. The minimum Gasteiger partial charge on any atom is -0.476 e. The molecule has 0 bridgehead atoms. The first-order chi connectivity index (χ1) is 9.15. The fraction of sp³-hybridized carbons (Fsp3) is 0.571. The largest absolute Gasteiger partial charge is 0.476 e. The molecule has 104 valence electrons. The molecule has 0 aliphatic heterocycles. The van der Waals surface area contributed by atoms with Gasteiger partial charge in [0.1, 0.15) is 5.69 Å². The van der Waals surface area contributed by atoms with Crippen molar-refractivity contribution >= 4 is 11.6 Å². The van der Waals surface area contributed by atoms with Gasteiger partial charge >= 0.3 is 0 Å². The van der Waals surface area contributed by atoms with Crippen molar-refractivity contribution in [2.75, 3.05) is 11.9 Å². The van der Waals surface area contributed by atoms with E-state index in [0.29, 0.717) is 18.2 Å². The van der Waals surface area contributed by atoms with Crippen LogP contribution in [0.15, 0.2) is 18.3 Å². The van der Waals surface area contributed by atoms with Gasteiger partial charge in [-0.3, -0.25) is 4.79 Å². The van der Waals surface area contributed by atoms with E-state index in [0.717, 1.165) is 32.1 Å². The van der Waals surface area contributed by atoms with Crippen LogP contribution in [0, 0.1) is 0 Å². The van der Waals surface area contributed by atoms with Crippen LogP contribution in [0.3, 0.4) is 0 Å². The Morgan fingerprint density at radius 2 is 2.21 bits per heavy atom. The number of nitrogens with zero attached hydrogens (tertiary/aromatic N) is 1. The first kappa shape index (κ1) is 13.8. The highest BCUT2D eigenvalue weighted by molar-refractivity contribution is 5.98. The van der Waals surface area contributed by atoms with Gasteiger partial charge in [0.15, 0.2) is 0 Å². The highest BCUT2D eigenvalue weighted by atomic mass is 16.5. The number of nitrogens with one attached hydrogen (secondary N) is 1. The van der Waals surface area contributed by atoms with Gasteiger partial charge in [0.25, 0.3) is 0 Å². The molecule has 19 heavy (non-hydrogen) atoms. The number of hydrogen-bond donors (Lipinski definition) is 2. The molecule has 0 atom stereocenters. The molecule has 1 amide bonds. The molecule has 0 radical (unpaired) electrons. The first-order valence-corrected chi connectivity index (χ1v) is 6.84. The summed E-state index contributed by atoms with van der Waals surface area (Å²) < 4.78 is 5.39. The predicted molar refractivity (Wildman–Crippen MR) is 74.0 cm³/mol. The Morgan fingerprint density at radius 3 is 2.89 bits per heavy atom. The van der Waals surface area contributed by atoms with Crippen molar-refractivity contribution in [3.05, 3.63) is 18.3 Å². The highest BCUT2D eigenvalue weighted by Gasteiger charge is 2.35. The molecule has 0 spiro atoms. The molecule has 5 heteroatoms. The summed E-state index contributed by atoms with van der Waals surface area (Å²) in [5, 5.41) is 2.85. The first-order valence-electron chi connectivity index (χ1n) is 6.84.